The van der Waals surface area contributed by atoms with E-state index in [0.29, 0.717) is 5.92 Å². The Labute approximate surface area is 112 Å². The van der Waals surface area contributed by atoms with Crippen LogP contribution in [0.15, 0.2) is 34.9 Å². The minimum atomic E-state index is 0.0789. The number of hydrogen-bond acceptors (Lipinski definition) is 3. The van der Waals surface area contributed by atoms with Crippen molar-refractivity contribution >= 4 is 16.5 Å². The summed E-state index contributed by atoms with van der Waals surface area (Å²) in [6.07, 6.45) is 4.75. The smallest absolute Gasteiger partial charge is 0.134 e. The van der Waals surface area contributed by atoms with Gasteiger partial charge < -0.3 is 14.4 Å². The van der Waals surface area contributed by atoms with Crippen LogP contribution in [-0.2, 0) is 6.61 Å². The molecule has 1 aromatic carbocycles. The Morgan fingerprint density at radius 1 is 1.21 bits per heavy atom. The molecule has 0 amide bonds. The molecule has 0 aliphatic carbocycles. The maximum absolute atomic E-state index is 9.19. The highest BCUT2D eigenvalue weighted by Crippen LogP contribution is 2.39. The van der Waals surface area contributed by atoms with Crippen LogP contribution in [0.1, 0.15) is 24.2 Å². The molecule has 4 heterocycles. The molecule has 2 aromatic rings. The van der Waals surface area contributed by atoms with Crippen molar-refractivity contribution in [1.29, 1.82) is 0 Å². The molecule has 0 radical (unpaired) electrons. The number of nitrogens with zero attached hydrogens (tertiary/aromatic N) is 1. The second-order valence-electron chi connectivity index (χ2n) is 5.54. The van der Waals surface area contributed by atoms with Crippen LogP contribution in [0.25, 0.3) is 16.5 Å². The highest BCUT2D eigenvalue weighted by atomic mass is 16.3. The predicted molar refractivity (Wildman–Crippen MR) is 74.4 cm³/mol. The maximum atomic E-state index is 9.19. The van der Waals surface area contributed by atoms with Crippen molar-refractivity contribution in [1.82, 2.24) is 4.90 Å². The summed E-state index contributed by atoms with van der Waals surface area (Å²) < 4.78 is 5.98. The van der Waals surface area contributed by atoms with Crippen molar-refractivity contribution in [3.63, 3.8) is 0 Å². The van der Waals surface area contributed by atoms with Crippen molar-refractivity contribution < 1.29 is 9.52 Å². The Morgan fingerprint density at radius 3 is 2.74 bits per heavy atom. The zero-order valence-corrected chi connectivity index (χ0v) is 10.8. The van der Waals surface area contributed by atoms with E-state index in [1.165, 1.54) is 31.5 Å². The zero-order chi connectivity index (χ0) is 12.8. The van der Waals surface area contributed by atoms with Crippen LogP contribution < -0.4 is 0 Å². The number of fused-ring (bicyclic) bond motifs is 3. The zero-order valence-electron chi connectivity index (χ0n) is 10.8. The molecule has 1 aromatic heterocycles. The fourth-order valence-electron chi connectivity index (χ4n) is 3.24. The van der Waals surface area contributed by atoms with E-state index in [0.717, 1.165) is 22.3 Å². The molecular formula is C16H17NO2. The molecule has 1 saturated heterocycles. The summed E-state index contributed by atoms with van der Waals surface area (Å²) in [6.45, 7) is 2.45. The number of rotatable bonds is 2. The lowest BCUT2D eigenvalue weighted by atomic mass is 9.84. The van der Waals surface area contributed by atoms with Crippen LogP contribution in [-0.4, -0.2) is 23.1 Å². The minimum Gasteiger partial charge on any atom is -0.456 e. The highest BCUT2D eigenvalue weighted by molar-refractivity contribution is 5.83. The maximum Gasteiger partial charge on any atom is 0.134 e. The molecule has 3 aliphatic rings. The molecule has 0 unspecified atom stereocenters. The number of allylic oxidation sites excluding steroid dienone is 1. The third kappa shape index (κ3) is 1.77. The SMILES string of the molecule is OCc1ccc2oc(C3=CN4CCC3CC4)cc2c1. The molecule has 0 spiro atoms. The quantitative estimate of drug-likeness (QED) is 0.896. The third-order valence-electron chi connectivity index (χ3n) is 4.34. The van der Waals surface area contributed by atoms with Gasteiger partial charge in [-0.15, -0.1) is 0 Å². The van der Waals surface area contributed by atoms with Crippen molar-refractivity contribution in [3.8, 4) is 0 Å². The van der Waals surface area contributed by atoms with Crippen molar-refractivity contribution in [3.05, 3.63) is 41.8 Å². The number of aliphatic hydroxyl groups is 1. The molecule has 5 rings (SSSR count). The van der Waals surface area contributed by atoms with Crippen LogP contribution in [0.5, 0.6) is 0 Å². The first-order valence-corrected chi connectivity index (χ1v) is 6.93. The lowest BCUT2D eigenvalue weighted by molar-refractivity contribution is 0.250. The van der Waals surface area contributed by atoms with Crippen molar-refractivity contribution in [2.75, 3.05) is 13.1 Å². The van der Waals surface area contributed by atoms with Gasteiger partial charge in [0.2, 0.25) is 0 Å². The van der Waals surface area contributed by atoms with Gasteiger partial charge in [0.15, 0.2) is 0 Å². The number of hydrogen-bond donors (Lipinski definition) is 1. The third-order valence-corrected chi connectivity index (χ3v) is 4.34. The van der Waals surface area contributed by atoms with E-state index in [-0.39, 0.29) is 6.61 Å². The molecule has 3 heteroatoms. The Kier molecular flexibility index (Phi) is 2.42. The van der Waals surface area contributed by atoms with E-state index in [9.17, 15) is 5.11 Å². The molecule has 1 fully saturated rings. The average molecular weight is 255 g/mol. The molecule has 2 bridgehead atoms. The molecular weight excluding hydrogens is 238 g/mol. The highest BCUT2D eigenvalue weighted by Gasteiger charge is 2.29. The first kappa shape index (κ1) is 11.1. The van der Waals surface area contributed by atoms with Crippen molar-refractivity contribution in [2.24, 2.45) is 5.92 Å². The Morgan fingerprint density at radius 2 is 2.05 bits per heavy atom. The fraction of sp³-hybridized carbons (Fsp3) is 0.375. The normalized spacial score (nSPS) is 19.2. The first-order valence-electron chi connectivity index (χ1n) is 6.93. The summed E-state index contributed by atoms with van der Waals surface area (Å²) in [4.78, 5) is 2.39. The molecule has 3 nitrogen and oxygen atoms in total. The first-order chi connectivity index (χ1) is 9.33. The summed E-state index contributed by atoms with van der Waals surface area (Å²) in [5, 5.41) is 10.3. The van der Waals surface area contributed by atoms with Gasteiger partial charge in [-0.25, -0.2) is 0 Å². The van der Waals surface area contributed by atoms with E-state index >= 15 is 0 Å². The molecule has 1 N–H and O–H groups in total. The van der Waals surface area contributed by atoms with E-state index in [1.54, 1.807) is 0 Å². The summed E-state index contributed by atoms with van der Waals surface area (Å²) in [7, 11) is 0. The molecule has 0 saturated carbocycles. The number of aliphatic hydroxyl groups excluding tert-OH is 1. The van der Waals surface area contributed by atoms with Crippen LogP contribution in [0.3, 0.4) is 0 Å². The molecule has 0 atom stereocenters. The minimum absolute atomic E-state index is 0.0789. The summed E-state index contributed by atoms with van der Waals surface area (Å²) in [5.74, 6) is 1.65. The number of furan rings is 1. The van der Waals surface area contributed by atoms with E-state index in [1.807, 2.05) is 18.2 Å². The van der Waals surface area contributed by atoms with E-state index < -0.39 is 0 Å². The van der Waals surface area contributed by atoms with Crippen LogP contribution in [0.2, 0.25) is 0 Å². The standard InChI is InChI=1S/C16H17NO2/c18-10-11-1-2-15-13(7-11)8-16(19-15)14-9-17-5-3-12(14)4-6-17/h1-2,7-9,12,18H,3-6,10H2. The van der Waals surface area contributed by atoms with Crippen LogP contribution in [0, 0.1) is 5.92 Å². The lowest BCUT2D eigenvalue weighted by Crippen LogP contribution is -2.35. The van der Waals surface area contributed by atoms with E-state index in [2.05, 4.69) is 17.2 Å². The van der Waals surface area contributed by atoms with Crippen LogP contribution >= 0.6 is 0 Å². The average Bonchev–Trinajstić information content (AvgIpc) is 2.91. The van der Waals surface area contributed by atoms with Gasteiger partial charge in [-0.1, -0.05) is 6.07 Å². The largest absolute Gasteiger partial charge is 0.456 e. The fourth-order valence-corrected chi connectivity index (χ4v) is 3.24. The second kappa shape index (κ2) is 4.14. The van der Waals surface area contributed by atoms with Gasteiger partial charge in [-0.3, -0.25) is 0 Å². The van der Waals surface area contributed by atoms with Crippen LogP contribution in [0.4, 0.5) is 0 Å². The Hall–Kier alpha value is -1.74. The van der Waals surface area contributed by atoms with Gasteiger partial charge in [0.05, 0.1) is 6.61 Å². The topological polar surface area (TPSA) is 36.6 Å². The molecule has 3 aliphatic heterocycles. The monoisotopic (exact) mass is 255 g/mol. The predicted octanol–water partition coefficient (Wildman–Crippen LogP) is 2.99. The number of piperidine rings is 1. The van der Waals surface area contributed by atoms with Gasteiger partial charge in [-0.2, -0.15) is 0 Å². The van der Waals surface area contributed by atoms with Gasteiger partial charge in [0.25, 0.3) is 0 Å². The summed E-state index contributed by atoms with van der Waals surface area (Å²) >= 11 is 0. The summed E-state index contributed by atoms with van der Waals surface area (Å²) in [5.41, 5.74) is 3.19. The summed E-state index contributed by atoms with van der Waals surface area (Å²) in [6, 6.07) is 7.99. The second-order valence-corrected chi connectivity index (χ2v) is 5.54. The van der Waals surface area contributed by atoms with Gasteiger partial charge in [-0.05, 0) is 42.5 Å². The molecule has 19 heavy (non-hydrogen) atoms. The molecule has 98 valence electrons. The Balaban J connectivity index is 1.79. The Bertz CT molecular complexity index is 648. The lowest BCUT2D eigenvalue weighted by Gasteiger charge is -2.38. The van der Waals surface area contributed by atoms with Crippen molar-refractivity contribution in [2.45, 2.75) is 19.4 Å². The van der Waals surface area contributed by atoms with Gasteiger partial charge in [0.1, 0.15) is 11.3 Å². The number of benzene rings is 1. The van der Waals surface area contributed by atoms with Gasteiger partial charge in [0, 0.05) is 30.2 Å². The van der Waals surface area contributed by atoms with Gasteiger partial charge >= 0.3 is 0 Å². The van der Waals surface area contributed by atoms with E-state index in [4.69, 9.17) is 4.42 Å².